The van der Waals surface area contributed by atoms with Gasteiger partial charge in [0.1, 0.15) is 5.76 Å². The molecule has 6 heteroatoms. The molecule has 1 N–H and O–H groups in total. The maximum Gasteiger partial charge on any atom is 0.376 e. The summed E-state index contributed by atoms with van der Waals surface area (Å²) < 4.78 is 10.5. The van der Waals surface area contributed by atoms with Crippen molar-refractivity contribution in [3.05, 3.63) is 23.7 Å². The highest BCUT2D eigenvalue weighted by Gasteiger charge is 2.22. The number of piperidine rings is 1. The Hall–Kier alpha value is -1.37. The van der Waals surface area contributed by atoms with E-state index in [0.717, 1.165) is 18.8 Å². The first-order chi connectivity index (χ1) is 9.72. The predicted molar refractivity (Wildman–Crippen MR) is 73.0 cm³/mol. The number of hydroxylamine groups is 1. The summed E-state index contributed by atoms with van der Waals surface area (Å²) in [7, 11) is 1.60. The van der Waals surface area contributed by atoms with Crippen molar-refractivity contribution in [2.75, 3.05) is 26.9 Å². The smallest absolute Gasteiger partial charge is 0.376 e. The number of carbonyl (C=O) groups is 1. The summed E-state index contributed by atoms with van der Waals surface area (Å²) >= 11 is 0. The summed E-state index contributed by atoms with van der Waals surface area (Å²) in [4.78, 5) is 18.8. The molecule has 0 saturated carbocycles. The van der Waals surface area contributed by atoms with Crippen molar-refractivity contribution in [1.29, 1.82) is 0 Å². The summed E-state index contributed by atoms with van der Waals surface area (Å²) in [6.45, 7) is 4.12. The van der Waals surface area contributed by atoms with Crippen molar-refractivity contribution < 1.29 is 18.8 Å². The predicted octanol–water partition coefficient (Wildman–Crippen LogP) is 2.09. The van der Waals surface area contributed by atoms with E-state index >= 15 is 0 Å². The van der Waals surface area contributed by atoms with Gasteiger partial charge in [0, 0.05) is 7.05 Å². The van der Waals surface area contributed by atoms with Crippen LogP contribution in [0.3, 0.4) is 0 Å². The molecule has 2 rings (SSSR count). The molecule has 0 radical (unpaired) electrons. The zero-order chi connectivity index (χ0) is 14.4. The van der Waals surface area contributed by atoms with Crippen LogP contribution in [0.2, 0.25) is 0 Å². The largest absolute Gasteiger partial charge is 0.452 e. The molecule has 1 fully saturated rings. The fourth-order valence-electron chi connectivity index (χ4n) is 2.39. The molecule has 1 saturated heterocycles. The van der Waals surface area contributed by atoms with Gasteiger partial charge in [-0.3, -0.25) is 9.74 Å². The Morgan fingerprint density at radius 3 is 2.85 bits per heavy atom. The highest BCUT2D eigenvalue weighted by Crippen LogP contribution is 2.25. The minimum atomic E-state index is -0.516. The highest BCUT2D eigenvalue weighted by molar-refractivity contribution is 5.86. The van der Waals surface area contributed by atoms with Gasteiger partial charge in [0.15, 0.2) is 0 Å². The molecular weight excluding hydrogens is 260 g/mol. The quantitative estimate of drug-likeness (QED) is 0.373. The summed E-state index contributed by atoms with van der Waals surface area (Å²) in [6, 6.07) is 3.68. The van der Waals surface area contributed by atoms with Crippen molar-refractivity contribution in [2.24, 2.45) is 0 Å². The topological polar surface area (TPSA) is 63.9 Å². The molecule has 6 nitrogen and oxygen atoms in total. The van der Waals surface area contributed by atoms with Crippen LogP contribution in [0, 0.1) is 0 Å². The molecule has 1 aromatic rings. The zero-order valence-electron chi connectivity index (χ0n) is 12.1. The van der Waals surface area contributed by atoms with Crippen LogP contribution < -0.4 is 5.48 Å². The van der Waals surface area contributed by atoms with Gasteiger partial charge in [-0.15, -0.1) is 0 Å². The first kappa shape index (κ1) is 15.0. The van der Waals surface area contributed by atoms with Gasteiger partial charge in [-0.05, 0) is 45.0 Å². The molecule has 2 heterocycles. The van der Waals surface area contributed by atoms with Gasteiger partial charge < -0.3 is 9.15 Å². The number of likely N-dealkylation sites (tertiary alicyclic amines) is 1. The maximum absolute atomic E-state index is 11.7. The second-order valence-corrected chi connectivity index (χ2v) is 4.87. The van der Waals surface area contributed by atoms with Gasteiger partial charge >= 0.3 is 5.97 Å². The maximum atomic E-state index is 11.7. The van der Waals surface area contributed by atoms with E-state index in [-0.39, 0.29) is 18.6 Å². The third-order valence-electron chi connectivity index (χ3n) is 3.57. The highest BCUT2D eigenvalue weighted by atomic mass is 16.8. The lowest BCUT2D eigenvalue weighted by Gasteiger charge is -2.31. The summed E-state index contributed by atoms with van der Waals surface area (Å²) in [6.07, 6.45) is 3.74. The lowest BCUT2D eigenvalue weighted by Crippen LogP contribution is -2.32. The molecule has 1 unspecified atom stereocenters. The number of hydrogen-bond donors (Lipinski definition) is 1. The molecule has 112 valence electrons. The molecule has 1 aliphatic heterocycles. The van der Waals surface area contributed by atoms with Crippen molar-refractivity contribution >= 4 is 5.97 Å². The Morgan fingerprint density at radius 1 is 1.40 bits per heavy atom. The van der Waals surface area contributed by atoms with Crippen LogP contribution in [0.25, 0.3) is 0 Å². The summed E-state index contributed by atoms with van der Waals surface area (Å²) in [5, 5.41) is 0. The van der Waals surface area contributed by atoms with Crippen molar-refractivity contribution in [2.45, 2.75) is 32.2 Å². The van der Waals surface area contributed by atoms with Gasteiger partial charge in [-0.1, -0.05) is 6.42 Å². The first-order valence-electron chi connectivity index (χ1n) is 7.02. The van der Waals surface area contributed by atoms with E-state index in [1.54, 1.807) is 13.1 Å². The third-order valence-corrected chi connectivity index (χ3v) is 3.57. The molecule has 20 heavy (non-hydrogen) atoms. The van der Waals surface area contributed by atoms with E-state index in [2.05, 4.69) is 17.3 Å². The number of carbonyl (C=O) groups excluding carboxylic acids is 1. The summed E-state index contributed by atoms with van der Waals surface area (Å²) in [5.74, 6) is 0.495. The van der Waals surface area contributed by atoms with Crippen LogP contribution in [0.4, 0.5) is 0 Å². The second-order valence-electron chi connectivity index (χ2n) is 4.87. The monoisotopic (exact) mass is 282 g/mol. The van der Waals surface area contributed by atoms with E-state index < -0.39 is 5.97 Å². The van der Waals surface area contributed by atoms with Crippen LogP contribution in [-0.2, 0) is 9.57 Å². The average molecular weight is 282 g/mol. The Morgan fingerprint density at radius 2 is 2.15 bits per heavy atom. The molecule has 1 aliphatic rings. The SMILES string of the molecule is CNOCOC(=O)c1ccc(C(C)N2CCCCC2)o1. The van der Waals surface area contributed by atoms with Crippen molar-refractivity contribution in [3.63, 3.8) is 0 Å². The van der Waals surface area contributed by atoms with E-state index in [0.29, 0.717) is 0 Å². The van der Waals surface area contributed by atoms with Crippen LogP contribution in [0.1, 0.15) is 48.5 Å². The van der Waals surface area contributed by atoms with Gasteiger partial charge in [0.2, 0.25) is 12.6 Å². The number of hydrogen-bond acceptors (Lipinski definition) is 6. The molecule has 0 amide bonds. The third kappa shape index (κ3) is 3.82. The Bertz CT molecular complexity index is 427. The van der Waals surface area contributed by atoms with Crippen LogP contribution in [-0.4, -0.2) is 37.8 Å². The number of rotatable bonds is 6. The fourth-order valence-corrected chi connectivity index (χ4v) is 2.39. The van der Waals surface area contributed by atoms with Crippen molar-refractivity contribution in [3.8, 4) is 0 Å². The van der Waals surface area contributed by atoms with E-state index in [4.69, 9.17) is 14.0 Å². The first-order valence-corrected chi connectivity index (χ1v) is 7.02. The normalized spacial score (nSPS) is 17.9. The molecule has 0 aromatic carbocycles. The van der Waals surface area contributed by atoms with Crippen LogP contribution >= 0.6 is 0 Å². The molecule has 0 bridgehead atoms. The lowest BCUT2D eigenvalue weighted by molar-refractivity contribution is -0.0683. The average Bonchev–Trinajstić information content (AvgIpc) is 2.97. The minimum absolute atomic E-state index is 0.146. The van der Waals surface area contributed by atoms with Crippen molar-refractivity contribution in [1.82, 2.24) is 10.4 Å². The van der Waals surface area contributed by atoms with Gasteiger partial charge in [-0.25, -0.2) is 10.3 Å². The fraction of sp³-hybridized carbons (Fsp3) is 0.643. The standard InChI is InChI=1S/C14H22N2O4/c1-11(16-8-4-3-5-9-16)12-6-7-13(20-12)14(17)18-10-19-15-2/h6-7,11,15H,3-5,8-10H2,1-2H3. The second kappa shape index (κ2) is 7.42. The van der Waals surface area contributed by atoms with Gasteiger partial charge in [0.05, 0.1) is 6.04 Å². The Labute approximate surface area is 119 Å². The van der Waals surface area contributed by atoms with Crippen LogP contribution in [0.5, 0.6) is 0 Å². The molecule has 0 aliphatic carbocycles. The number of nitrogens with one attached hydrogen (secondary N) is 1. The van der Waals surface area contributed by atoms with Gasteiger partial charge in [-0.2, -0.15) is 0 Å². The van der Waals surface area contributed by atoms with Crippen LogP contribution in [0.15, 0.2) is 16.5 Å². The molecule has 0 spiro atoms. The van der Waals surface area contributed by atoms with E-state index in [9.17, 15) is 4.79 Å². The van der Waals surface area contributed by atoms with E-state index in [1.165, 1.54) is 19.3 Å². The minimum Gasteiger partial charge on any atom is -0.452 e. The molecule has 1 atom stereocenters. The number of ether oxygens (including phenoxy) is 1. The van der Waals surface area contributed by atoms with E-state index in [1.807, 2.05) is 6.07 Å². The Balaban J connectivity index is 1.91. The zero-order valence-corrected chi connectivity index (χ0v) is 12.1. The summed E-state index contributed by atoms with van der Waals surface area (Å²) in [5.41, 5.74) is 2.43. The Kier molecular flexibility index (Phi) is 5.58. The number of furan rings is 1. The molecule has 1 aromatic heterocycles. The number of nitrogens with zero attached hydrogens (tertiary/aromatic N) is 1. The lowest BCUT2D eigenvalue weighted by atomic mass is 10.1. The number of esters is 1. The van der Waals surface area contributed by atoms with Gasteiger partial charge in [0.25, 0.3) is 0 Å². The molecular formula is C14H22N2O4.